The van der Waals surface area contributed by atoms with Crippen molar-refractivity contribution in [1.82, 2.24) is 4.90 Å². The van der Waals surface area contributed by atoms with Gasteiger partial charge in [-0.3, -0.25) is 4.99 Å². The van der Waals surface area contributed by atoms with Crippen molar-refractivity contribution in [2.45, 2.75) is 58.4 Å². The maximum absolute atomic E-state index is 4.49. The molecule has 0 aromatic carbocycles. The van der Waals surface area contributed by atoms with E-state index in [1.165, 1.54) is 38.5 Å². The number of hydrogen-bond donors (Lipinski definition) is 0. The van der Waals surface area contributed by atoms with E-state index in [9.17, 15) is 0 Å². The average molecular weight is 275 g/mol. The minimum Gasteiger partial charge on any atom is -0.358 e. The van der Waals surface area contributed by atoms with Gasteiger partial charge < -0.3 is 4.90 Å². The molecule has 0 bridgehead atoms. The molecular formula is C15H25N5. The van der Waals surface area contributed by atoms with Crippen LogP contribution in [-0.2, 0) is 0 Å². The fraction of sp³-hybridized carbons (Fsp3) is 0.733. The maximum Gasteiger partial charge on any atom is 0.169 e. The predicted molar refractivity (Wildman–Crippen MR) is 86.3 cm³/mol. The average Bonchev–Trinajstić information content (AvgIpc) is 2.94. The SMILES string of the molecule is CCCCCN(CCCCC)C1=NC=NC2=NC=NC21. The van der Waals surface area contributed by atoms with Gasteiger partial charge in [-0.05, 0) is 12.8 Å². The first-order valence-corrected chi connectivity index (χ1v) is 7.81. The molecule has 5 nitrogen and oxygen atoms in total. The Balaban J connectivity index is 2.00. The molecule has 0 radical (unpaired) electrons. The van der Waals surface area contributed by atoms with Crippen LogP contribution in [0.3, 0.4) is 0 Å². The van der Waals surface area contributed by atoms with Gasteiger partial charge >= 0.3 is 0 Å². The largest absolute Gasteiger partial charge is 0.358 e. The summed E-state index contributed by atoms with van der Waals surface area (Å²) in [5.74, 6) is 1.81. The molecule has 2 aliphatic heterocycles. The van der Waals surface area contributed by atoms with Crippen LogP contribution in [0.5, 0.6) is 0 Å². The Kier molecular flexibility index (Phi) is 5.89. The molecule has 0 aliphatic carbocycles. The molecular weight excluding hydrogens is 250 g/mol. The second-order valence-corrected chi connectivity index (χ2v) is 5.29. The van der Waals surface area contributed by atoms with Crippen molar-refractivity contribution in [3.05, 3.63) is 0 Å². The zero-order valence-electron chi connectivity index (χ0n) is 12.6. The fourth-order valence-electron chi connectivity index (χ4n) is 2.50. The number of nitrogens with zero attached hydrogens (tertiary/aromatic N) is 5. The van der Waals surface area contributed by atoms with Crippen molar-refractivity contribution in [2.24, 2.45) is 20.0 Å². The fourth-order valence-corrected chi connectivity index (χ4v) is 2.50. The molecule has 2 heterocycles. The van der Waals surface area contributed by atoms with Gasteiger partial charge in [0.15, 0.2) is 11.9 Å². The second-order valence-electron chi connectivity index (χ2n) is 5.29. The summed E-state index contributed by atoms with van der Waals surface area (Å²) in [6.07, 6.45) is 10.7. The number of unbranched alkanes of at least 4 members (excludes halogenated alkanes) is 4. The summed E-state index contributed by atoms with van der Waals surface area (Å²) in [6.45, 7) is 6.59. The zero-order chi connectivity index (χ0) is 14.2. The van der Waals surface area contributed by atoms with Crippen LogP contribution in [0.1, 0.15) is 52.4 Å². The van der Waals surface area contributed by atoms with Gasteiger partial charge in [-0.2, -0.15) is 0 Å². The number of aliphatic imine (C=N–C) groups is 4. The Bertz CT molecular complexity index is 412. The molecule has 0 aromatic heterocycles. The van der Waals surface area contributed by atoms with Crippen molar-refractivity contribution in [3.8, 4) is 0 Å². The molecule has 1 atom stereocenters. The molecule has 2 aliphatic rings. The number of amidine groups is 2. The highest BCUT2D eigenvalue weighted by Crippen LogP contribution is 2.14. The van der Waals surface area contributed by atoms with Crippen molar-refractivity contribution in [2.75, 3.05) is 13.1 Å². The predicted octanol–water partition coefficient (Wildman–Crippen LogP) is 2.92. The molecule has 5 heteroatoms. The van der Waals surface area contributed by atoms with Crippen molar-refractivity contribution in [1.29, 1.82) is 0 Å². The first kappa shape index (κ1) is 14.9. The van der Waals surface area contributed by atoms with E-state index < -0.39 is 0 Å². The van der Waals surface area contributed by atoms with Crippen LogP contribution in [0.2, 0.25) is 0 Å². The maximum atomic E-state index is 4.49. The highest BCUT2D eigenvalue weighted by Gasteiger charge is 2.29. The Hall–Kier alpha value is -1.52. The van der Waals surface area contributed by atoms with Gasteiger partial charge in [0.1, 0.15) is 18.5 Å². The van der Waals surface area contributed by atoms with E-state index in [0.717, 1.165) is 24.8 Å². The molecule has 0 N–H and O–H groups in total. The molecule has 0 fully saturated rings. The van der Waals surface area contributed by atoms with Crippen molar-refractivity contribution >= 4 is 24.3 Å². The Morgan fingerprint density at radius 1 is 0.950 bits per heavy atom. The molecule has 0 aromatic rings. The molecule has 2 rings (SSSR count). The van der Waals surface area contributed by atoms with Crippen LogP contribution in [-0.4, -0.2) is 48.4 Å². The highest BCUT2D eigenvalue weighted by atomic mass is 15.3. The van der Waals surface area contributed by atoms with Crippen LogP contribution in [0, 0.1) is 0 Å². The molecule has 0 saturated heterocycles. The third-order valence-corrected chi connectivity index (χ3v) is 3.66. The van der Waals surface area contributed by atoms with E-state index in [4.69, 9.17) is 0 Å². The van der Waals surface area contributed by atoms with Crippen molar-refractivity contribution in [3.63, 3.8) is 0 Å². The summed E-state index contributed by atoms with van der Waals surface area (Å²) in [4.78, 5) is 19.7. The third-order valence-electron chi connectivity index (χ3n) is 3.66. The Labute approximate surface area is 121 Å². The number of rotatable bonds is 8. The van der Waals surface area contributed by atoms with Crippen LogP contribution in [0.25, 0.3) is 0 Å². The van der Waals surface area contributed by atoms with E-state index in [2.05, 4.69) is 38.7 Å². The summed E-state index contributed by atoms with van der Waals surface area (Å²) in [5.41, 5.74) is 0. The minimum atomic E-state index is -0.0664. The van der Waals surface area contributed by atoms with Crippen LogP contribution in [0.4, 0.5) is 0 Å². The molecule has 20 heavy (non-hydrogen) atoms. The minimum absolute atomic E-state index is 0.0664. The van der Waals surface area contributed by atoms with Crippen molar-refractivity contribution < 1.29 is 0 Å². The van der Waals surface area contributed by atoms with Gasteiger partial charge in [-0.25, -0.2) is 15.0 Å². The smallest absolute Gasteiger partial charge is 0.169 e. The molecule has 0 saturated carbocycles. The second kappa shape index (κ2) is 7.92. The highest BCUT2D eigenvalue weighted by molar-refractivity contribution is 6.19. The molecule has 110 valence electrons. The summed E-state index contributed by atoms with van der Waals surface area (Å²) < 4.78 is 0. The van der Waals surface area contributed by atoms with E-state index in [1.54, 1.807) is 12.7 Å². The van der Waals surface area contributed by atoms with Gasteiger partial charge in [0.05, 0.1) is 0 Å². The summed E-state index contributed by atoms with van der Waals surface area (Å²) in [7, 11) is 0. The van der Waals surface area contributed by atoms with Crippen LogP contribution >= 0.6 is 0 Å². The van der Waals surface area contributed by atoms with Gasteiger partial charge in [0.2, 0.25) is 0 Å². The summed E-state index contributed by atoms with van der Waals surface area (Å²) >= 11 is 0. The topological polar surface area (TPSA) is 52.7 Å². The zero-order valence-corrected chi connectivity index (χ0v) is 12.6. The quantitative estimate of drug-likeness (QED) is 0.628. The lowest BCUT2D eigenvalue weighted by molar-refractivity contribution is 0.384. The number of fused-ring (bicyclic) bond motifs is 1. The lowest BCUT2D eigenvalue weighted by Gasteiger charge is -2.29. The van der Waals surface area contributed by atoms with Gasteiger partial charge in [-0.1, -0.05) is 39.5 Å². The van der Waals surface area contributed by atoms with E-state index in [1.807, 2.05) is 0 Å². The van der Waals surface area contributed by atoms with Gasteiger partial charge in [0, 0.05) is 13.1 Å². The standard InChI is InChI=1S/C15H25N5/c1-3-5-7-9-20(10-8-6-4-2)15-13-14(17-11-16-13)18-12-19-15/h11-13H,3-10H2,1-2H3. The summed E-state index contributed by atoms with van der Waals surface area (Å²) in [6, 6.07) is -0.0664. The Morgan fingerprint density at radius 3 is 2.30 bits per heavy atom. The third kappa shape index (κ3) is 3.74. The van der Waals surface area contributed by atoms with E-state index >= 15 is 0 Å². The van der Waals surface area contributed by atoms with Gasteiger partial charge in [0.25, 0.3) is 0 Å². The molecule has 0 spiro atoms. The van der Waals surface area contributed by atoms with E-state index in [0.29, 0.717) is 0 Å². The molecule has 0 amide bonds. The Morgan fingerprint density at radius 2 is 1.65 bits per heavy atom. The lowest BCUT2D eigenvalue weighted by Crippen LogP contribution is -2.43. The summed E-state index contributed by atoms with van der Waals surface area (Å²) in [5, 5.41) is 0. The molecule has 1 unspecified atom stereocenters. The number of hydrogen-bond acceptors (Lipinski definition) is 5. The first-order valence-electron chi connectivity index (χ1n) is 7.81. The monoisotopic (exact) mass is 275 g/mol. The van der Waals surface area contributed by atoms with E-state index in [-0.39, 0.29) is 6.04 Å². The lowest BCUT2D eigenvalue weighted by atomic mass is 10.1. The van der Waals surface area contributed by atoms with Gasteiger partial charge in [-0.15, -0.1) is 0 Å². The van der Waals surface area contributed by atoms with Crippen LogP contribution in [0.15, 0.2) is 20.0 Å². The first-order chi connectivity index (χ1) is 9.86. The normalized spacial score (nSPS) is 19.8. The van der Waals surface area contributed by atoms with Crippen LogP contribution < -0.4 is 0 Å².